The number of hydrogen-bond acceptors (Lipinski definition) is 4. The highest BCUT2D eigenvalue weighted by Gasteiger charge is 2.08. The van der Waals surface area contributed by atoms with Crippen molar-refractivity contribution in [3.63, 3.8) is 0 Å². The molecule has 0 fully saturated rings. The molecule has 4 heteroatoms. The third-order valence-electron chi connectivity index (χ3n) is 2.49. The zero-order chi connectivity index (χ0) is 12.0. The SMILES string of the molecule is CCCc1cc(NCC(O)C(C)C)ncn1. The highest BCUT2D eigenvalue weighted by atomic mass is 16.3. The Morgan fingerprint density at radius 2 is 2.12 bits per heavy atom. The van der Waals surface area contributed by atoms with E-state index in [4.69, 9.17) is 0 Å². The Labute approximate surface area is 97.1 Å². The zero-order valence-corrected chi connectivity index (χ0v) is 10.3. The number of aryl methyl sites for hydroxylation is 1. The van der Waals surface area contributed by atoms with Crippen LogP contribution in [0.25, 0.3) is 0 Å². The minimum atomic E-state index is -0.343. The Morgan fingerprint density at radius 1 is 1.38 bits per heavy atom. The number of nitrogens with zero attached hydrogens (tertiary/aromatic N) is 2. The first kappa shape index (κ1) is 12.9. The Bertz CT molecular complexity index is 315. The summed E-state index contributed by atoms with van der Waals surface area (Å²) in [5.74, 6) is 1.04. The van der Waals surface area contributed by atoms with Gasteiger partial charge in [0.05, 0.1) is 6.10 Å². The summed E-state index contributed by atoms with van der Waals surface area (Å²) in [5, 5.41) is 12.8. The van der Waals surface area contributed by atoms with Crippen LogP contribution in [0.3, 0.4) is 0 Å². The molecular formula is C12H21N3O. The average Bonchev–Trinajstić information content (AvgIpc) is 2.26. The first-order valence-electron chi connectivity index (χ1n) is 5.86. The topological polar surface area (TPSA) is 58.0 Å². The molecule has 1 unspecified atom stereocenters. The maximum absolute atomic E-state index is 9.65. The van der Waals surface area contributed by atoms with E-state index in [1.165, 1.54) is 0 Å². The van der Waals surface area contributed by atoms with Crippen LogP contribution in [0.5, 0.6) is 0 Å². The molecule has 16 heavy (non-hydrogen) atoms. The second kappa shape index (κ2) is 6.43. The minimum absolute atomic E-state index is 0.254. The first-order valence-corrected chi connectivity index (χ1v) is 5.86. The monoisotopic (exact) mass is 223 g/mol. The van der Waals surface area contributed by atoms with Gasteiger partial charge in [-0.05, 0) is 12.3 Å². The van der Waals surface area contributed by atoms with Gasteiger partial charge < -0.3 is 10.4 Å². The van der Waals surface area contributed by atoms with Crippen molar-refractivity contribution in [2.45, 2.75) is 39.7 Å². The van der Waals surface area contributed by atoms with Crippen molar-refractivity contribution < 1.29 is 5.11 Å². The third kappa shape index (κ3) is 4.14. The van der Waals surface area contributed by atoms with Crippen LogP contribution in [0.2, 0.25) is 0 Å². The molecule has 1 heterocycles. The van der Waals surface area contributed by atoms with Crippen molar-refractivity contribution in [1.29, 1.82) is 0 Å². The largest absolute Gasteiger partial charge is 0.391 e. The predicted molar refractivity (Wildman–Crippen MR) is 65.4 cm³/mol. The number of aliphatic hydroxyl groups excluding tert-OH is 1. The summed E-state index contributed by atoms with van der Waals surface area (Å²) in [6.45, 7) is 6.64. The predicted octanol–water partition coefficient (Wildman–Crippen LogP) is 1.86. The summed E-state index contributed by atoms with van der Waals surface area (Å²) < 4.78 is 0. The van der Waals surface area contributed by atoms with Crippen molar-refractivity contribution >= 4 is 5.82 Å². The number of anilines is 1. The molecule has 0 bridgehead atoms. The van der Waals surface area contributed by atoms with Gasteiger partial charge in [0, 0.05) is 18.3 Å². The average molecular weight is 223 g/mol. The molecule has 0 aliphatic carbocycles. The molecule has 1 aromatic heterocycles. The van der Waals surface area contributed by atoms with Gasteiger partial charge in [-0.3, -0.25) is 0 Å². The molecule has 0 saturated heterocycles. The number of aromatic nitrogens is 2. The quantitative estimate of drug-likeness (QED) is 0.773. The highest BCUT2D eigenvalue weighted by molar-refractivity contribution is 5.34. The molecule has 0 aliphatic heterocycles. The summed E-state index contributed by atoms with van der Waals surface area (Å²) in [7, 11) is 0. The normalized spacial score (nSPS) is 12.8. The molecule has 1 atom stereocenters. The van der Waals surface area contributed by atoms with Gasteiger partial charge in [0.25, 0.3) is 0 Å². The summed E-state index contributed by atoms with van der Waals surface area (Å²) in [4.78, 5) is 8.30. The lowest BCUT2D eigenvalue weighted by Crippen LogP contribution is -2.25. The zero-order valence-electron chi connectivity index (χ0n) is 10.3. The van der Waals surface area contributed by atoms with E-state index >= 15 is 0 Å². The standard InChI is InChI=1S/C12H21N3O/c1-4-5-10-6-12(15-8-14-10)13-7-11(16)9(2)3/h6,8-9,11,16H,4-5,7H2,1-3H3,(H,13,14,15). The Morgan fingerprint density at radius 3 is 2.75 bits per heavy atom. The number of rotatable bonds is 6. The summed E-state index contributed by atoms with van der Waals surface area (Å²) in [6, 6.07) is 1.94. The van der Waals surface area contributed by atoms with Crippen LogP contribution >= 0.6 is 0 Å². The molecule has 0 aromatic carbocycles. The number of nitrogens with one attached hydrogen (secondary N) is 1. The van der Waals surface area contributed by atoms with Crippen LogP contribution in [0, 0.1) is 5.92 Å². The van der Waals surface area contributed by atoms with Gasteiger partial charge in [-0.2, -0.15) is 0 Å². The van der Waals surface area contributed by atoms with E-state index in [0.29, 0.717) is 6.54 Å². The molecule has 0 amide bonds. The van der Waals surface area contributed by atoms with Gasteiger partial charge in [0.1, 0.15) is 12.1 Å². The van der Waals surface area contributed by atoms with Crippen molar-refractivity contribution in [2.24, 2.45) is 5.92 Å². The van der Waals surface area contributed by atoms with E-state index in [9.17, 15) is 5.11 Å². The van der Waals surface area contributed by atoms with E-state index in [0.717, 1.165) is 24.4 Å². The molecule has 90 valence electrons. The fourth-order valence-electron chi connectivity index (χ4n) is 1.33. The maximum Gasteiger partial charge on any atom is 0.129 e. The number of hydrogen-bond donors (Lipinski definition) is 2. The van der Waals surface area contributed by atoms with Crippen LogP contribution in [0.1, 0.15) is 32.9 Å². The van der Waals surface area contributed by atoms with Gasteiger partial charge >= 0.3 is 0 Å². The smallest absolute Gasteiger partial charge is 0.129 e. The van der Waals surface area contributed by atoms with E-state index in [1.807, 2.05) is 19.9 Å². The van der Waals surface area contributed by atoms with E-state index in [2.05, 4.69) is 22.2 Å². The van der Waals surface area contributed by atoms with E-state index in [1.54, 1.807) is 6.33 Å². The lowest BCUT2D eigenvalue weighted by atomic mass is 10.1. The van der Waals surface area contributed by atoms with Crippen LogP contribution in [0.4, 0.5) is 5.82 Å². The van der Waals surface area contributed by atoms with Gasteiger partial charge in [-0.25, -0.2) is 9.97 Å². The van der Waals surface area contributed by atoms with Crippen molar-refractivity contribution in [3.8, 4) is 0 Å². The van der Waals surface area contributed by atoms with Crippen LogP contribution in [0.15, 0.2) is 12.4 Å². The maximum atomic E-state index is 9.65. The fourth-order valence-corrected chi connectivity index (χ4v) is 1.33. The molecule has 0 radical (unpaired) electrons. The van der Waals surface area contributed by atoms with Gasteiger partial charge in [-0.15, -0.1) is 0 Å². The summed E-state index contributed by atoms with van der Waals surface area (Å²) >= 11 is 0. The third-order valence-corrected chi connectivity index (χ3v) is 2.49. The second-order valence-corrected chi connectivity index (χ2v) is 4.34. The fraction of sp³-hybridized carbons (Fsp3) is 0.667. The Balaban J connectivity index is 2.50. The van der Waals surface area contributed by atoms with Crippen molar-refractivity contribution in [2.75, 3.05) is 11.9 Å². The molecule has 2 N–H and O–H groups in total. The number of aliphatic hydroxyl groups is 1. The van der Waals surface area contributed by atoms with Crippen LogP contribution in [-0.4, -0.2) is 27.7 Å². The second-order valence-electron chi connectivity index (χ2n) is 4.34. The van der Waals surface area contributed by atoms with Gasteiger partial charge in [-0.1, -0.05) is 27.2 Å². The molecule has 1 aromatic rings. The molecular weight excluding hydrogens is 202 g/mol. The van der Waals surface area contributed by atoms with Crippen molar-refractivity contribution in [1.82, 2.24) is 9.97 Å². The lowest BCUT2D eigenvalue weighted by molar-refractivity contribution is 0.138. The Kier molecular flexibility index (Phi) is 5.19. The van der Waals surface area contributed by atoms with E-state index in [-0.39, 0.29) is 12.0 Å². The summed E-state index contributed by atoms with van der Waals surface area (Å²) in [6.07, 6.45) is 3.26. The van der Waals surface area contributed by atoms with Crippen molar-refractivity contribution in [3.05, 3.63) is 18.1 Å². The minimum Gasteiger partial charge on any atom is -0.391 e. The molecule has 0 spiro atoms. The molecule has 4 nitrogen and oxygen atoms in total. The lowest BCUT2D eigenvalue weighted by Gasteiger charge is -2.15. The molecule has 1 rings (SSSR count). The van der Waals surface area contributed by atoms with Crippen LogP contribution in [-0.2, 0) is 6.42 Å². The van der Waals surface area contributed by atoms with Gasteiger partial charge in [0.2, 0.25) is 0 Å². The molecule has 0 aliphatic rings. The highest BCUT2D eigenvalue weighted by Crippen LogP contribution is 2.07. The Hall–Kier alpha value is -1.16. The van der Waals surface area contributed by atoms with Gasteiger partial charge in [0.15, 0.2) is 0 Å². The van der Waals surface area contributed by atoms with Crippen LogP contribution < -0.4 is 5.32 Å². The first-order chi connectivity index (χ1) is 7.63. The van der Waals surface area contributed by atoms with E-state index < -0.39 is 0 Å². The molecule has 0 saturated carbocycles. The summed E-state index contributed by atoms with van der Waals surface area (Å²) in [5.41, 5.74) is 1.04.